The van der Waals surface area contributed by atoms with Gasteiger partial charge in [0.05, 0.1) is 4.48 Å². The summed E-state index contributed by atoms with van der Waals surface area (Å²) in [7, 11) is 1.78. The van der Waals surface area contributed by atoms with E-state index in [0.717, 1.165) is 0 Å². The molecule has 5 heteroatoms. The van der Waals surface area contributed by atoms with Gasteiger partial charge >= 0.3 is 0 Å². The molecule has 1 heterocycles. The van der Waals surface area contributed by atoms with E-state index in [1.165, 1.54) is 4.90 Å². The van der Waals surface area contributed by atoms with E-state index in [-0.39, 0.29) is 11.8 Å². The highest BCUT2D eigenvalue weighted by Crippen LogP contribution is 2.24. The molecular formula is C8H11BrN2O2. The van der Waals surface area contributed by atoms with Crippen LogP contribution in [0.2, 0.25) is 0 Å². The third kappa shape index (κ3) is 1.81. The first-order chi connectivity index (χ1) is 6.09. The van der Waals surface area contributed by atoms with Gasteiger partial charge in [0, 0.05) is 18.7 Å². The highest BCUT2D eigenvalue weighted by Gasteiger charge is 2.33. The van der Waals surface area contributed by atoms with Gasteiger partial charge in [0.1, 0.15) is 0 Å². The van der Waals surface area contributed by atoms with Crippen LogP contribution in [0.25, 0.3) is 0 Å². The van der Waals surface area contributed by atoms with Gasteiger partial charge in [-0.15, -0.1) is 0 Å². The second-order valence-corrected chi connectivity index (χ2v) is 3.60. The highest BCUT2D eigenvalue weighted by atomic mass is 79.9. The van der Waals surface area contributed by atoms with E-state index >= 15 is 0 Å². The Morgan fingerprint density at radius 3 is 2.38 bits per heavy atom. The van der Waals surface area contributed by atoms with Crippen molar-refractivity contribution in [3.8, 4) is 0 Å². The third-order valence-corrected chi connectivity index (χ3v) is 2.85. The van der Waals surface area contributed by atoms with E-state index in [2.05, 4.69) is 21.2 Å². The minimum absolute atomic E-state index is 0.202. The third-order valence-electron chi connectivity index (χ3n) is 1.91. The Labute approximate surface area is 85.1 Å². The summed E-state index contributed by atoms with van der Waals surface area (Å²) in [4.78, 5) is 24.1. The molecule has 72 valence electrons. The second kappa shape index (κ2) is 4.02. The van der Waals surface area contributed by atoms with E-state index in [4.69, 9.17) is 0 Å². The molecular weight excluding hydrogens is 236 g/mol. The molecule has 1 rings (SSSR count). The summed E-state index contributed by atoms with van der Waals surface area (Å²) in [5.41, 5.74) is 0.487. The first-order valence-corrected chi connectivity index (χ1v) is 4.76. The van der Waals surface area contributed by atoms with Gasteiger partial charge < -0.3 is 5.32 Å². The van der Waals surface area contributed by atoms with Gasteiger partial charge in [-0.1, -0.05) is 0 Å². The van der Waals surface area contributed by atoms with Gasteiger partial charge in [-0.3, -0.25) is 14.5 Å². The number of amides is 2. The van der Waals surface area contributed by atoms with Crippen LogP contribution in [0.5, 0.6) is 0 Å². The Morgan fingerprint density at radius 2 is 2.00 bits per heavy atom. The smallest absolute Gasteiger partial charge is 0.268 e. The molecule has 0 aromatic rings. The van der Waals surface area contributed by atoms with Gasteiger partial charge in [0.25, 0.3) is 11.8 Å². The zero-order chi connectivity index (χ0) is 10.0. The maximum Gasteiger partial charge on any atom is 0.268 e. The number of rotatable bonds is 3. The lowest BCUT2D eigenvalue weighted by atomic mass is 10.3. The molecule has 2 amide bonds. The number of likely N-dealkylation sites (N-methyl/N-ethyl adjacent to an activating group) is 1. The summed E-state index contributed by atoms with van der Waals surface area (Å²) in [5, 5.41) is 2.89. The molecule has 0 aromatic carbocycles. The highest BCUT2D eigenvalue weighted by molar-refractivity contribution is 9.12. The van der Waals surface area contributed by atoms with Gasteiger partial charge in [0.15, 0.2) is 0 Å². The molecule has 0 saturated heterocycles. The standard InChI is InChI=1S/C8H11BrN2O2/c1-5-6(9)8(13)11(7(5)12)4-3-10-2/h10H,3-4H2,1-2H3. The van der Waals surface area contributed by atoms with Gasteiger partial charge in [-0.05, 0) is 29.9 Å². The van der Waals surface area contributed by atoms with Crippen molar-refractivity contribution in [1.82, 2.24) is 10.2 Å². The van der Waals surface area contributed by atoms with Gasteiger partial charge in [0.2, 0.25) is 0 Å². The molecule has 0 fully saturated rings. The van der Waals surface area contributed by atoms with Crippen molar-refractivity contribution in [3.05, 3.63) is 10.1 Å². The Hall–Kier alpha value is -0.680. The van der Waals surface area contributed by atoms with E-state index in [0.29, 0.717) is 23.1 Å². The number of nitrogens with one attached hydrogen (secondary N) is 1. The topological polar surface area (TPSA) is 49.4 Å². The number of nitrogens with zero attached hydrogens (tertiary/aromatic N) is 1. The van der Waals surface area contributed by atoms with Crippen LogP contribution in [0.1, 0.15) is 6.92 Å². The molecule has 1 aliphatic heterocycles. The zero-order valence-electron chi connectivity index (χ0n) is 7.56. The van der Waals surface area contributed by atoms with Crippen molar-refractivity contribution in [3.63, 3.8) is 0 Å². The Bertz CT molecular complexity index is 262. The van der Waals surface area contributed by atoms with Crippen LogP contribution in [0.4, 0.5) is 0 Å². The van der Waals surface area contributed by atoms with E-state index in [9.17, 15) is 9.59 Å². The van der Waals surface area contributed by atoms with Crippen molar-refractivity contribution in [2.45, 2.75) is 6.92 Å². The largest absolute Gasteiger partial charge is 0.318 e. The van der Waals surface area contributed by atoms with Crippen LogP contribution in [-0.4, -0.2) is 36.9 Å². The molecule has 0 bridgehead atoms. The molecule has 4 nitrogen and oxygen atoms in total. The summed E-state index contributed by atoms with van der Waals surface area (Å²) in [6.45, 7) is 2.68. The summed E-state index contributed by atoms with van der Waals surface area (Å²) in [6.07, 6.45) is 0. The molecule has 0 aromatic heterocycles. The molecule has 0 spiro atoms. The number of hydrogen-bond acceptors (Lipinski definition) is 3. The SMILES string of the molecule is CNCCN1C(=O)C(C)=C(Br)C1=O. The summed E-state index contributed by atoms with van der Waals surface area (Å²) in [6, 6.07) is 0. The summed E-state index contributed by atoms with van der Waals surface area (Å²) >= 11 is 3.09. The Morgan fingerprint density at radius 1 is 1.38 bits per heavy atom. The van der Waals surface area contributed by atoms with Crippen molar-refractivity contribution >= 4 is 27.7 Å². The maximum atomic E-state index is 11.4. The fraction of sp³-hybridized carbons (Fsp3) is 0.500. The summed E-state index contributed by atoms with van der Waals surface area (Å²) < 4.78 is 0.383. The quantitative estimate of drug-likeness (QED) is 0.727. The molecule has 0 unspecified atom stereocenters. The first kappa shape index (κ1) is 10.4. The van der Waals surface area contributed by atoms with E-state index < -0.39 is 0 Å². The van der Waals surface area contributed by atoms with Crippen LogP contribution >= 0.6 is 15.9 Å². The summed E-state index contributed by atoms with van der Waals surface area (Å²) in [5.74, 6) is -0.440. The van der Waals surface area contributed by atoms with Crippen molar-refractivity contribution in [1.29, 1.82) is 0 Å². The molecule has 0 aliphatic carbocycles. The van der Waals surface area contributed by atoms with Crippen LogP contribution in [-0.2, 0) is 9.59 Å². The maximum absolute atomic E-state index is 11.4. The monoisotopic (exact) mass is 246 g/mol. The number of hydrogen-bond donors (Lipinski definition) is 1. The van der Waals surface area contributed by atoms with E-state index in [1.54, 1.807) is 14.0 Å². The number of carbonyl (C=O) groups is 2. The predicted molar refractivity (Wildman–Crippen MR) is 52.3 cm³/mol. The molecule has 0 atom stereocenters. The van der Waals surface area contributed by atoms with Crippen LogP contribution < -0.4 is 5.32 Å². The van der Waals surface area contributed by atoms with Crippen LogP contribution in [0.3, 0.4) is 0 Å². The predicted octanol–water partition coefficient (Wildman–Crippen LogP) is 0.243. The molecule has 13 heavy (non-hydrogen) atoms. The fourth-order valence-electron chi connectivity index (χ4n) is 1.09. The van der Waals surface area contributed by atoms with Crippen molar-refractivity contribution in [2.24, 2.45) is 0 Å². The van der Waals surface area contributed by atoms with Crippen LogP contribution in [0.15, 0.2) is 10.1 Å². The van der Waals surface area contributed by atoms with E-state index in [1.807, 2.05) is 0 Å². The number of halogens is 1. The lowest BCUT2D eigenvalue weighted by Crippen LogP contribution is -2.36. The minimum atomic E-state index is -0.238. The average molecular weight is 247 g/mol. The molecule has 1 aliphatic rings. The Kier molecular flexibility index (Phi) is 3.22. The fourth-order valence-corrected chi connectivity index (χ4v) is 1.48. The molecule has 0 saturated carbocycles. The van der Waals surface area contributed by atoms with Gasteiger partial charge in [-0.2, -0.15) is 0 Å². The van der Waals surface area contributed by atoms with Crippen molar-refractivity contribution < 1.29 is 9.59 Å². The zero-order valence-corrected chi connectivity index (χ0v) is 9.14. The number of carbonyl (C=O) groups excluding carboxylic acids is 2. The number of imide groups is 1. The first-order valence-electron chi connectivity index (χ1n) is 3.96. The van der Waals surface area contributed by atoms with Gasteiger partial charge in [-0.25, -0.2) is 0 Å². The average Bonchev–Trinajstić information content (AvgIpc) is 2.30. The van der Waals surface area contributed by atoms with Crippen LogP contribution in [0, 0.1) is 0 Å². The van der Waals surface area contributed by atoms with Crippen molar-refractivity contribution in [2.75, 3.05) is 20.1 Å². The second-order valence-electron chi connectivity index (χ2n) is 2.80. The molecule has 1 N–H and O–H groups in total. The lowest BCUT2D eigenvalue weighted by molar-refractivity contribution is -0.137. The minimum Gasteiger partial charge on any atom is -0.318 e. The lowest BCUT2D eigenvalue weighted by Gasteiger charge is -2.13. The Balaban J connectivity index is 2.73. The molecule has 0 radical (unpaired) electrons. The normalized spacial score (nSPS) is 17.6.